The molecule has 140 valence electrons. The van der Waals surface area contributed by atoms with Crippen molar-refractivity contribution in [2.45, 2.75) is 13.2 Å². The summed E-state index contributed by atoms with van der Waals surface area (Å²) in [5.74, 6) is 1.59. The highest BCUT2D eigenvalue weighted by atomic mass is 35.5. The lowest BCUT2D eigenvalue weighted by molar-refractivity contribution is -0.001000. The molecule has 2 aromatic rings. The number of nitrogens with zero attached hydrogens (tertiary/aromatic N) is 1. The number of hydrogen-bond acceptors (Lipinski definition) is 4. The van der Waals surface area contributed by atoms with Gasteiger partial charge in [0.05, 0.1) is 7.11 Å². The van der Waals surface area contributed by atoms with E-state index in [0.717, 1.165) is 42.3 Å². The molecule has 0 unspecified atom stereocenters. The van der Waals surface area contributed by atoms with Crippen molar-refractivity contribution in [2.24, 2.45) is 0 Å². The molecule has 0 saturated heterocycles. The predicted molar refractivity (Wildman–Crippen MR) is 94.0 cm³/mol. The second-order valence-corrected chi connectivity index (χ2v) is 5.70. The fourth-order valence-corrected chi connectivity index (χ4v) is 2.28. The molecule has 0 atom stereocenters. The van der Waals surface area contributed by atoms with Crippen molar-refractivity contribution < 1.29 is 34.3 Å². The number of methoxy groups -OCH3 is 1. The van der Waals surface area contributed by atoms with Crippen molar-refractivity contribution >= 4 is 0 Å². The Hall–Kier alpha value is -1.46. The highest BCUT2D eigenvalue weighted by Crippen LogP contribution is 2.31. The maximum atomic E-state index is 6.05. The van der Waals surface area contributed by atoms with Gasteiger partial charge in [0, 0.05) is 25.2 Å². The monoisotopic (exact) mass is 384 g/mol. The number of nitrogens with one attached hydrogen (secondary N) is 1. The lowest BCUT2D eigenvalue weighted by atomic mass is 10.1. The highest BCUT2D eigenvalue weighted by Gasteiger charge is 2.10. The third kappa shape index (κ3) is 7.97. The van der Waals surface area contributed by atoms with Gasteiger partial charge in [0.15, 0.2) is 11.5 Å². The zero-order valence-electron chi connectivity index (χ0n) is 15.0. The van der Waals surface area contributed by atoms with Crippen LogP contribution >= 0.6 is 0 Å². The zero-order chi connectivity index (χ0) is 16.5. The molecule has 0 aromatic heterocycles. The topological polar surface area (TPSA) is 33.7 Å². The molecule has 2 aromatic carbocycles. The summed E-state index contributed by atoms with van der Waals surface area (Å²) >= 11 is 0. The van der Waals surface area contributed by atoms with Gasteiger partial charge in [-0.25, -0.2) is 0 Å². The molecule has 0 saturated carbocycles. The van der Waals surface area contributed by atoms with Crippen LogP contribution in [0, 0.1) is 0 Å². The first-order valence-electron chi connectivity index (χ1n) is 7.88. The fraction of sp³-hybridized carbons (Fsp3) is 0.368. The second kappa shape index (κ2) is 12.8. The van der Waals surface area contributed by atoms with Gasteiger partial charge in [0.2, 0.25) is 0 Å². The predicted octanol–water partition coefficient (Wildman–Crippen LogP) is -3.07. The minimum Gasteiger partial charge on any atom is -1.00 e. The van der Waals surface area contributed by atoms with Gasteiger partial charge in [0.25, 0.3) is 0 Å². The van der Waals surface area contributed by atoms with E-state index < -0.39 is 0 Å². The van der Waals surface area contributed by atoms with Crippen molar-refractivity contribution in [3.8, 4) is 11.5 Å². The van der Waals surface area contributed by atoms with E-state index in [1.54, 1.807) is 7.11 Å². The van der Waals surface area contributed by atoms with Gasteiger partial charge in [-0.2, -0.15) is 0 Å². The molecular weight excluding hydrogens is 359 g/mol. The quantitative estimate of drug-likeness (QED) is 0.465. The number of hydrogen-bond donors (Lipinski definition) is 1. The van der Waals surface area contributed by atoms with Crippen LogP contribution in [0.5, 0.6) is 11.5 Å². The van der Waals surface area contributed by atoms with Crippen LogP contribution < -0.4 is 39.6 Å². The van der Waals surface area contributed by atoms with Crippen LogP contribution in [-0.2, 0) is 13.2 Å². The average Bonchev–Trinajstić information content (AvgIpc) is 2.57. The minimum atomic E-state index is 0. The minimum absolute atomic E-state index is 0. The fourth-order valence-electron chi connectivity index (χ4n) is 2.28. The van der Waals surface area contributed by atoms with Gasteiger partial charge in [0.1, 0.15) is 6.61 Å². The van der Waals surface area contributed by atoms with Gasteiger partial charge in [-0.15, -0.1) is 0 Å². The lowest BCUT2D eigenvalue weighted by Gasteiger charge is -2.16. The third-order valence-electron chi connectivity index (χ3n) is 3.56. The van der Waals surface area contributed by atoms with Crippen molar-refractivity contribution in [3.05, 3.63) is 59.7 Å². The Bertz CT molecular complexity index is 595. The Morgan fingerprint density at radius 2 is 1.68 bits per heavy atom. The number of benzene rings is 2. The van der Waals surface area contributed by atoms with Crippen LogP contribution in [0.25, 0.3) is 0 Å². The molecule has 0 amide bonds. The van der Waals surface area contributed by atoms with E-state index in [9.17, 15) is 0 Å². The van der Waals surface area contributed by atoms with Crippen LogP contribution in [0.1, 0.15) is 11.1 Å². The normalized spacial score (nSPS) is 9.92. The molecule has 0 heterocycles. The van der Waals surface area contributed by atoms with Crippen molar-refractivity contribution in [1.82, 2.24) is 10.2 Å². The number of likely N-dealkylation sites (N-methyl/N-ethyl adjacent to an activating group) is 1. The van der Waals surface area contributed by atoms with Crippen molar-refractivity contribution in [2.75, 3.05) is 34.3 Å². The van der Waals surface area contributed by atoms with Crippen LogP contribution in [0.15, 0.2) is 48.5 Å². The molecule has 4 nitrogen and oxygen atoms in total. The summed E-state index contributed by atoms with van der Waals surface area (Å²) in [7, 11) is 5.82. The van der Waals surface area contributed by atoms with Gasteiger partial charge in [-0.3, -0.25) is 0 Å². The molecule has 1 N–H and O–H groups in total. The number of ether oxygens (including phenoxy) is 2. The van der Waals surface area contributed by atoms with E-state index in [2.05, 4.69) is 42.5 Å². The molecule has 0 aliphatic rings. The number of rotatable bonds is 9. The molecule has 0 radical (unpaired) electrons. The van der Waals surface area contributed by atoms with Gasteiger partial charge in [-0.1, -0.05) is 42.5 Å². The van der Waals surface area contributed by atoms with Crippen molar-refractivity contribution in [1.29, 1.82) is 0 Å². The van der Waals surface area contributed by atoms with Gasteiger partial charge < -0.3 is 44.5 Å². The highest BCUT2D eigenvalue weighted by molar-refractivity contribution is 5.46. The Morgan fingerprint density at radius 1 is 0.960 bits per heavy atom. The lowest BCUT2D eigenvalue weighted by Crippen LogP contribution is -3.00. The van der Waals surface area contributed by atoms with Crippen LogP contribution in [-0.4, -0.2) is 39.2 Å². The Balaban J connectivity index is 0.00000288. The Morgan fingerprint density at radius 3 is 2.32 bits per heavy atom. The molecule has 25 heavy (non-hydrogen) atoms. The van der Waals surface area contributed by atoms with E-state index in [-0.39, 0.29) is 24.8 Å². The molecule has 0 spiro atoms. The van der Waals surface area contributed by atoms with E-state index in [4.69, 9.17) is 9.47 Å². The molecule has 0 fully saturated rings. The summed E-state index contributed by atoms with van der Waals surface area (Å²) in [6.07, 6.45) is 0. The summed E-state index contributed by atoms with van der Waals surface area (Å²) in [6, 6.07) is 16.2. The summed E-state index contributed by atoms with van der Waals surface area (Å²) in [6.45, 7) is 3.23. The largest absolute Gasteiger partial charge is 1.00 e. The van der Waals surface area contributed by atoms with Crippen molar-refractivity contribution in [3.63, 3.8) is 0 Å². The SMILES string of the molecule is COc1cccc(CNCCN(C)C)c1OCc1ccccc1.[Cl-].[Cl-]. The maximum Gasteiger partial charge on any atom is 0.166 e. The summed E-state index contributed by atoms with van der Waals surface area (Å²) in [5.41, 5.74) is 2.25. The first-order valence-corrected chi connectivity index (χ1v) is 7.88. The first-order chi connectivity index (χ1) is 11.2. The molecule has 6 heteroatoms. The molecule has 0 aliphatic heterocycles. The van der Waals surface area contributed by atoms with Crippen LogP contribution in [0.3, 0.4) is 0 Å². The van der Waals surface area contributed by atoms with E-state index >= 15 is 0 Å². The van der Waals surface area contributed by atoms with E-state index in [1.165, 1.54) is 0 Å². The third-order valence-corrected chi connectivity index (χ3v) is 3.56. The molecule has 0 aliphatic carbocycles. The molecule has 0 bridgehead atoms. The number of para-hydroxylation sites is 1. The zero-order valence-corrected chi connectivity index (χ0v) is 16.5. The summed E-state index contributed by atoms with van der Waals surface area (Å²) in [5, 5.41) is 3.45. The molecular formula is C19H26Cl2N2O2-2. The Labute approximate surface area is 163 Å². The molecule has 2 rings (SSSR count). The van der Waals surface area contributed by atoms with E-state index in [1.807, 2.05) is 30.3 Å². The first kappa shape index (κ1) is 23.5. The Kier molecular flexibility index (Phi) is 12.1. The van der Waals surface area contributed by atoms with E-state index in [0.29, 0.717) is 6.61 Å². The average molecular weight is 385 g/mol. The van der Waals surface area contributed by atoms with Gasteiger partial charge >= 0.3 is 0 Å². The smallest absolute Gasteiger partial charge is 0.166 e. The van der Waals surface area contributed by atoms with Gasteiger partial charge in [-0.05, 0) is 25.7 Å². The summed E-state index contributed by atoms with van der Waals surface area (Å²) < 4.78 is 11.5. The second-order valence-electron chi connectivity index (χ2n) is 5.70. The van der Waals surface area contributed by atoms with Crippen LogP contribution in [0.4, 0.5) is 0 Å². The maximum absolute atomic E-state index is 6.05. The summed E-state index contributed by atoms with van der Waals surface area (Å²) in [4.78, 5) is 2.16. The number of halogens is 2. The standard InChI is InChI=1S/C19H26N2O2.2ClH/c1-21(2)13-12-20-14-17-10-7-11-18(22-3)19(17)23-15-16-8-5-4-6-9-16;;/h4-11,20H,12-15H2,1-3H3;2*1H/p-2. The van der Waals surface area contributed by atoms with Crippen LogP contribution in [0.2, 0.25) is 0 Å².